The van der Waals surface area contributed by atoms with Crippen LogP contribution in [0, 0.1) is 5.92 Å². The molecule has 1 heterocycles. The van der Waals surface area contributed by atoms with Gasteiger partial charge in [0.15, 0.2) is 0 Å². The maximum absolute atomic E-state index is 12.8. The van der Waals surface area contributed by atoms with E-state index in [9.17, 15) is 14.4 Å². The Kier molecular flexibility index (Phi) is 6.72. The Morgan fingerprint density at radius 1 is 1.13 bits per heavy atom. The van der Waals surface area contributed by atoms with E-state index in [1.165, 1.54) is 0 Å². The quantitative estimate of drug-likeness (QED) is 0.427. The van der Waals surface area contributed by atoms with Crippen molar-refractivity contribution in [1.82, 2.24) is 5.32 Å². The fourth-order valence-corrected chi connectivity index (χ4v) is 3.81. The van der Waals surface area contributed by atoms with Crippen molar-refractivity contribution in [3.8, 4) is 5.75 Å². The van der Waals surface area contributed by atoms with Crippen molar-refractivity contribution in [1.29, 1.82) is 0 Å². The van der Waals surface area contributed by atoms with E-state index in [2.05, 4.69) is 5.32 Å². The molecule has 168 valence electrons. The molecule has 1 N–H and O–H groups in total. The maximum atomic E-state index is 12.8. The summed E-state index contributed by atoms with van der Waals surface area (Å²) in [6.45, 7) is 9.16. The van der Waals surface area contributed by atoms with Crippen molar-refractivity contribution in [2.45, 2.75) is 78.4 Å². The molecule has 0 saturated carbocycles. The van der Waals surface area contributed by atoms with Gasteiger partial charge in [0.1, 0.15) is 23.0 Å². The first-order chi connectivity index (χ1) is 14.5. The van der Waals surface area contributed by atoms with E-state index >= 15 is 0 Å². The fraction of sp³-hybridized carbons (Fsp3) is 0.542. The summed E-state index contributed by atoms with van der Waals surface area (Å²) in [5.74, 6) is -0.191. The number of esters is 1. The molecule has 7 nitrogen and oxygen atoms in total. The smallest absolute Gasteiger partial charge is 0.408 e. The lowest BCUT2D eigenvalue weighted by Crippen LogP contribution is -2.45. The Morgan fingerprint density at radius 3 is 2.45 bits per heavy atom. The van der Waals surface area contributed by atoms with E-state index in [0.29, 0.717) is 12.0 Å². The van der Waals surface area contributed by atoms with Crippen LogP contribution in [-0.4, -0.2) is 23.7 Å². The summed E-state index contributed by atoms with van der Waals surface area (Å²) in [7, 11) is 0. The largest absolute Gasteiger partial charge is 0.444 e. The van der Waals surface area contributed by atoms with Crippen LogP contribution >= 0.6 is 0 Å². The van der Waals surface area contributed by atoms with E-state index in [1.54, 1.807) is 32.9 Å². The van der Waals surface area contributed by atoms with Gasteiger partial charge in [-0.3, -0.25) is 0 Å². The zero-order valence-electron chi connectivity index (χ0n) is 18.9. The van der Waals surface area contributed by atoms with Crippen LogP contribution in [0.4, 0.5) is 4.79 Å². The number of alkyl carbamates (subject to hydrolysis) is 1. The Balaban J connectivity index is 1.80. The van der Waals surface area contributed by atoms with Crippen molar-refractivity contribution in [2.75, 3.05) is 0 Å². The van der Waals surface area contributed by atoms with Gasteiger partial charge in [-0.05, 0) is 76.5 Å². The summed E-state index contributed by atoms with van der Waals surface area (Å²) in [5.41, 5.74) is 1.18. The first kappa shape index (κ1) is 22.8. The first-order valence-electron chi connectivity index (χ1n) is 10.8. The average Bonchev–Trinajstić information content (AvgIpc) is 2.65. The van der Waals surface area contributed by atoms with Crippen molar-refractivity contribution in [3.05, 3.63) is 39.7 Å². The molecule has 0 aliphatic heterocycles. The van der Waals surface area contributed by atoms with E-state index < -0.39 is 23.7 Å². The van der Waals surface area contributed by atoms with Gasteiger partial charge in [0.25, 0.3) is 0 Å². The number of aryl methyl sites for hydroxylation is 1. The van der Waals surface area contributed by atoms with Crippen LogP contribution in [0.2, 0.25) is 0 Å². The van der Waals surface area contributed by atoms with Crippen molar-refractivity contribution >= 4 is 23.0 Å². The Hall–Kier alpha value is -2.83. The molecule has 1 aromatic carbocycles. The lowest BCUT2D eigenvalue weighted by atomic mass is 9.91. The third-order valence-corrected chi connectivity index (χ3v) is 5.10. The van der Waals surface area contributed by atoms with Crippen LogP contribution in [0.3, 0.4) is 0 Å². The highest BCUT2D eigenvalue weighted by molar-refractivity contribution is 5.86. The van der Waals surface area contributed by atoms with Gasteiger partial charge >= 0.3 is 17.7 Å². The number of hydrogen-bond donors (Lipinski definition) is 1. The predicted molar refractivity (Wildman–Crippen MR) is 117 cm³/mol. The minimum absolute atomic E-state index is 0.147. The molecule has 1 atom stereocenters. The van der Waals surface area contributed by atoms with Gasteiger partial charge in [-0.25, -0.2) is 14.4 Å². The number of fused-ring (bicyclic) bond motifs is 3. The molecule has 0 spiro atoms. The van der Waals surface area contributed by atoms with Gasteiger partial charge in [0, 0.05) is 17.0 Å². The Bertz CT molecular complexity index is 1030. The van der Waals surface area contributed by atoms with Crippen LogP contribution in [0.5, 0.6) is 5.75 Å². The van der Waals surface area contributed by atoms with Crippen LogP contribution in [0.1, 0.15) is 65.0 Å². The lowest BCUT2D eigenvalue weighted by Gasteiger charge is -2.23. The Morgan fingerprint density at radius 2 is 1.81 bits per heavy atom. The Labute approximate surface area is 182 Å². The number of ether oxygens (including phenoxy) is 2. The second-order valence-corrected chi connectivity index (χ2v) is 9.46. The summed E-state index contributed by atoms with van der Waals surface area (Å²) >= 11 is 0. The average molecular weight is 430 g/mol. The zero-order valence-corrected chi connectivity index (χ0v) is 18.9. The van der Waals surface area contributed by atoms with E-state index in [4.69, 9.17) is 13.9 Å². The monoisotopic (exact) mass is 429 g/mol. The number of carbonyl (C=O) groups is 2. The van der Waals surface area contributed by atoms with Crippen molar-refractivity contribution in [3.63, 3.8) is 0 Å². The molecule has 1 aliphatic carbocycles. The van der Waals surface area contributed by atoms with Crippen LogP contribution in [-0.2, 0) is 22.4 Å². The number of benzene rings is 1. The third-order valence-electron chi connectivity index (χ3n) is 5.10. The molecule has 31 heavy (non-hydrogen) atoms. The lowest BCUT2D eigenvalue weighted by molar-refractivity contribution is -0.137. The highest BCUT2D eigenvalue weighted by atomic mass is 16.6. The van der Waals surface area contributed by atoms with Gasteiger partial charge < -0.3 is 19.2 Å². The SMILES string of the molecule is CC(C)C[C@H](NC(=O)OC(C)(C)C)C(=O)Oc1ccc2c3c(c(=O)oc2c1)CCCC3. The van der Waals surface area contributed by atoms with Crippen LogP contribution in [0.15, 0.2) is 27.4 Å². The van der Waals surface area contributed by atoms with Gasteiger partial charge in [0.05, 0.1) is 0 Å². The molecule has 0 bridgehead atoms. The second kappa shape index (κ2) is 9.12. The highest BCUT2D eigenvalue weighted by Crippen LogP contribution is 2.29. The van der Waals surface area contributed by atoms with Gasteiger partial charge in [0.2, 0.25) is 0 Å². The first-order valence-corrected chi connectivity index (χ1v) is 10.8. The molecule has 0 fully saturated rings. The normalized spacial score (nSPS) is 14.8. The topological polar surface area (TPSA) is 94.8 Å². The molecular formula is C24H31NO6. The maximum Gasteiger partial charge on any atom is 0.408 e. The zero-order chi connectivity index (χ0) is 22.8. The fourth-order valence-electron chi connectivity index (χ4n) is 3.81. The van der Waals surface area contributed by atoms with Gasteiger partial charge in [-0.1, -0.05) is 13.8 Å². The molecule has 0 radical (unpaired) electrons. The molecule has 1 aliphatic rings. The molecule has 0 unspecified atom stereocenters. The predicted octanol–water partition coefficient (Wildman–Crippen LogP) is 4.52. The second-order valence-electron chi connectivity index (χ2n) is 9.46. The number of nitrogens with one attached hydrogen (secondary N) is 1. The number of amides is 1. The molecule has 3 rings (SSSR count). The molecule has 7 heteroatoms. The third kappa shape index (κ3) is 5.87. The number of rotatable bonds is 5. The number of hydrogen-bond acceptors (Lipinski definition) is 6. The summed E-state index contributed by atoms with van der Waals surface area (Å²) in [6, 6.07) is 4.21. The van der Waals surface area contributed by atoms with Crippen molar-refractivity contribution < 1.29 is 23.5 Å². The molecule has 1 aromatic heterocycles. The highest BCUT2D eigenvalue weighted by Gasteiger charge is 2.27. The minimum Gasteiger partial charge on any atom is -0.444 e. The summed E-state index contributed by atoms with van der Waals surface area (Å²) in [5, 5.41) is 3.48. The molecule has 1 amide bonds. The van der Waals surface area contributed by atoms with E-state index in [1.807, 2.05) is 19.9 Å². The standard InChI is InChI=1S/C24H31NO6/c1-14(2)12-19(25-23(28)31-24(3,4)5)22(27)29-15-10-11-17-16-8-6-7-9-18(16)21(26)30-20(17)13-15/h10-11,13-14,19H,6-9,12H2,1-5H3,(H,25,28)/t19-/m0/s1. The summed E-state index contributed by atoms with van der Waals surface area (Å²) in [4.78, 5) is 37.3. The molecular weight excluding hydrogens is 398 g/mol. The van der Waals surface area contributed by atoms with E-state index in [0.717, 1.165) is 42.2 Å². The van der Waals surface area contributed by atoms with Crippen LogP contribution < -0.4 is 15.7 Å². The van der Waals surface area contributed by atoms with Crippen molar-refractivity contribution in [2.24, 2.45) is 5.92 Å². The molecule has 2 aromatic rings. The van der Waals surface area contributed by atoms with Crippen LogP contribution in [0.25, 0.3) is 11.0 Å². The summed E-state index contributed by atoms with van der Waals surface area (Å²) < 4.78 is 16.3. The number of carbonyl (C=O) groups excluding carboxylic acids is 2. The minimum atomic E-state index is -0.860. The van der Waals surface area contributed by atoms with Gasteiger partial charge in [-0.15, -0.1) is 0 Å². The summed E-state index contributed by atoms with van der Waals surface area (Å²) in [6.07, 6.45) is 3.32. The van der Waals surface area contributed by atoms with E-state index in [-0.39, 0.29) is 17.3 Å². The molecule has 0 saturated heterocycles. The van der Waals surface area contributed by atoms with Gasteiger partial charge in [-0.2, -0.15) is 0 Å².